The van der Waals surface area contributed by atoms with Crippen LogP contribution in [-0.2, 0) is 4.79 Å². The van der Waals surface area contributed by atoms with E-state index in [2.05, 4.69) is 5.32 Å². The summed E-state index contributed by atoms with van der Waals surface area (Å²) in [6.07, 6.45) is 0. The number of thioether (sulfide) groups is 1. The van der Waals surface area contributed by atoms with Gasteiger partial charge >= 0.3 is 0 Å². The SMILES string of the molecule is NC(=O)SCC(=O)Nc1ccc(Oc2ccccc2)cc1. The second-order valence-corrected chi connectivity index (χ2v) is 5.08. The van der Waals surface area contributed by atoms with Gasteiger partial charge < -0.3 is 15.8 Å². The fraction of sp³-hybridized carbons (Fsp3) is 0.0667. The van der Waals surface area contributed by atoms with Crippen LogP contribution in [0.2, 0.25) is 0 Å². The van der Waals surface area contributed by atoms with E-state index >= 15 is 0 Å². The molecule has 0 fully saturated rings. The number of ether oxygens (including phenoxy) is 1. The molecule has 0 saturated carbocycles. The van der Waals surface area contributed by atoms with Crippen LogP contribution in [0.3, 0.4) is 0 Å². The number of nitrogens with two attached hydrogens (primary N) is 1. The highest BCUT2D eigenvalue weighted by Gasteiger charge is 2.05. The fourth-order valence-corrected chi connectivity index (χ4v) is 1.91. The van der Waals surface area contributed by atoms with Gasteiger partial charge in [0.25, 0.3) is 5.24 Å². The topological polar surface area (TPSA) is 81.4 Å². The number of anilines is 1. The summed E-state index contributed by atoms with van der Waals surface area (Å²) in [4.78, 5) is 22.1. The molecule has 5 nitrogen and oxygen atoms in total. The third-order valence-electron chi connectivity index (χ3n) is 2.46. The standard InChI is InChI=1S/C15H14N2O3S/c16-15(19)21-10-14(18)17-11-6-8-13(9-7-11)20-12-4-2-1-3-5-12/h1-9H,10H2,(H2,16,19)(H,17,18). The van der Waals surface area contributed by atoms with Crippen molar-refractivity contribution in [2.45, 2.75) is 0 Å². The molecule has 0 aromatic heterocycles. The van der Waals surface area contributed by atoms with Crippen LogP contribution in [0.1, 0.15) is 0 Å². The minimum Gasteiger partial charge on any atom is -0.457 e. The Balaban J connectivity index is 1.90. The average Bonchev–Trinajstić information content (AvgIpc) is 2.48. The Labute approximate surface area is 126 Å². The fourth-order valence-electron chi connectivity index (χ4n) is 1.56. The largest absolute Gasteiger partial charge is 0.457 e. The third kappa shape index (κ3) is 5.19. The maximum absolute atomic E-state index is 11.5. The first-order valence-electron chi connectivity index (χ1n) is 6.18. The zero-order valence-electron chi connectivity index (χ0n) is 11.1. The molecule has 0 unspecified atom stereocenters. The number of primary amides is 1. The Morgan fingerprint density at radius 2 is 1.62 bits per heavy atom. The molecule has 6 heteroatoms. The van der Waals surface area contributed by atoms with Crippen LogP contribution >= 0.6 is 11.8 Å². The van der Waals surface area contributed by atoms with E-state index in [0.717, 1.165) is 17.5 Å². The summed E-state index contributed by atoms with van der Waals surface area (Å²) in [5.74, 6) is 1.13. The molecular formula is C15H14N2O3S. The first kappa shape index (κ1) is 14.9. The molecule has 0 spiro atoms. The van der Waals surface area contributed by atoms with Crippen molar-refractivity contribution in [2.75, 3.05) is 11.1 Å². The van der Waals surface area contributed by atoms with Gasteiger partial charge in [0.1, 0.15) is 11.5 Å². The Morgan fingerprint density at radius 3 is 2.24 bits per heavy atom. The lowest BCUT2D eigenvalue weighted by Crippen LogP contribution is -2.16. The second kappa shape index (κ2) is 7.35. The van der Waals surface area contributed by atoms with Crippen molar-refractivity contribution in [1.29, 1.82) is 0 Å². The number of carbonyl (C=O) groups is 2. The molecule has 0 saturated heterocycles. The van der Waals surface area contributed by atoms with E-state index in [4.69, 9.17) is 10.5 Å². The van der Waals surface area contributed by atoms with E-state index in [1.165, 1.54) is 0 Å². The number of amides is 2. The summed E-state index contributed by atoms with van der Waals surface area (Å²) in [7, 11) is 0. The zero-order valence-corrected chi connectivity index (χ0v) is 11.9. The summed E-state index contributed by atoms with van der Waals surface area (Å²) in [5.41, 5.74) is 5.58. The second-order valence-electron chi connectivity index (χ2n) is 4.10. The maximum atomic E-state index is 11.5. The molecule has 0 radical (unpaired) electrons. The number of hydrogen-bond acceptors (Lipinski definition) is 4. The Morgan fingerprint density at radius 1 is 1.00 bits per heavy atom. The molecule has 21 heavy (non-hydrogen) atoms. The first-order valence-corrected chi connectivity index (χ1v) is 7.17. The molecule has 2 aromatic rings. The summed E-state index contributed by atoms with van der Waals surface area (Å²) >= 11 is 0.766. The van der Waals surface area contributed by atoms with Crippen molar-refractivity contribution in [3.05, 3.63) is 54.6 Å². The van der Waals surface area contributed by atoms with Crippen LogP contribution in [0.25, 0.3) is 0 Å². The van der Waals surface area contributed by atoms with Gasteiger partial charge in [-0.25, -0.2) is 0 Å². The van der Waals surface area contributed by atoms with Gasteiger partial charge in [-0.2, -0.15) is 0 Å². The summed E-state index contributed by atoms with van der Waals surface area (Å²) in [5, 5.41) is 2.09. The lowest BCUT2D eigenvalue weighted by Gasteiger charge is -2.07. The highest BCUT2D eigenvalue weighted by atomic mass is 32.2. The minimum absolute atomic E-state index is 0.00238. The zero-order chi connectivity index (χ0) is 15.1. The molecule has 2 amide bonds. The third-order valence-corrected chi connectivity index (χ3v) is 3.15. The predicted octanol–water partition coefficient (Wildman–Crippen LogP) is 3.23. The molecule has 0 heterocycles. The monoisotopic (exact) mass is 302 g/mol. The quantitative estimate of drug-likeness (QED) is 0.888. The van der Waals surface area contributed by atoms with Crippen molar-refractivity contribution in [3.8, 4) is 11.5 Å². The van der Waals surface area contributed by atoms with Crippen LogP contribution in [0, 0.1) is 0 Å². The van der Waals surface area contributed by atoms with E-state index < -0.39 is 5.24 Å². The van der Waals surface area contributed by atoms with E-state index in [1.54, 1.807) is 24.3 Å². The number of nitrogens with one attached hydrogen (secondary N) is 1. The Bertz CT molecular complexity index is 615. The molecule has 2 aromatic carbocycles. The number of para-hydroxylation sites is 1. The van der Waals surface area contributed by atoms with Gasteiger partial charge in [0, 0.05) is 5.69 Å². The molecule has 0 aliphatic rings. The highest BCUT2D eigenvalue weighted by molar-refractivity contribution is 8.14. The molecule has 2 rings (SSSR count). The van der Waals surface area contributed by atoms with Gasteiger partial charge in [0.05, 0.1) is 5.75 Å². The van der Waals surface area contributed by atoms with Crippen LogP contribution in [0.15, 0.2) is 54.6 Å². The smallest absolute Gasteiger partial charge is 0.276 e. The molecule has 108 valence electrons. The van der Waals surface area contributed by atoms with Crippen LogP contribution in [0.4, 0.5) is 10.5 Å². The Kier molecular flexibility index (Phi) is 5.22. The van der Waals surface area contributed by atoms with Gasteiger partial charge in [0.15, 0.2) is 0 Å². The summed E-state index contributed by atoms with van der Waals surface area (Å²) < 4.78 is 5.64. The van der Waals surface area contributed by atoms with Crippen LogP contribution in [-0.4, -0.2) is 16.9 Å². The lowest BCUT2D eigenvalue weighted by molar-refractivity contribution is -0.113. The van der Waals surface area contributed by atoms with E-state index in [-0.39, 0.29) is 11.7 Å². The predicted molar refractivity (Wildman–Crippen MR) is 83.6 cm³/mol. The van der Waals surface area contributed by atoms with Crippen LogP contribution < -0.4 is 15.8 Å². The summed E-state index contributed by atoms with van der Waals surface area (Å²) in [6, 6.07) is 16.4. The van der Waals surface area contributed by atoms with E-state index in [9.17, 15) is 9.59 Å². The molecule has 3 N–H and O–H groups in total. The highest BCUT2D eigenvalue weighted by Crippen LogP contribution is 2.22. The number of rotatable bonds is 5. The van der Waals surface area contributed by atoms with Gasteiger partial charge in [-0.1, -0.05) is 30.0 Å². The first-order chi connectivity index (χ1) is 10.1. The van der Waals surface area contributed by atoms with Crippen molar-refractivity contribution in [1.82, 2.24) is 0 Å². The Hall–Kier alpha value is -2.47. The van der Waals surface area contributed by atoms with E-state index in [0.29, 0.717) is 11.4 Å². The molecule has 0 atom stereocenters. The van der Waals surface area contributed by atoms with Crippen LogP contribution in [0.5, 0.6) is 11.5 Å². The minimum atomic E-state index is -0.572. The number of carbonyl (C=O) groups excluding carboxylic acids is 2. The van der Waals surface area contributed by atoms with Gasteiger partial charge in [-0.15, -0.1) is 0 Å². The van der Waals surface area contributed by atoms with Gasteiger partial charge in [-0.05, 0) is 36.4 Å². The summed E-state index contributed by atoms with van der Waals surface area (Å²) in [6.45, 7) is 0. The van der Waals surface area contributed by atoms with Crippen molar-refractivity contribution < 1.29 is 14.3 Å². The normalized spacial score (nSPS) is 9.90. The van der Waals surface area contributed by atoms with E-state index in [1.807, 2.05) is 30.3 Å². The lowest BCUT2D eigenvalue weighted by atomic mass is 10.3. The number of hydrogen-bond donors (Lipinski definition) is 2. The average molecular weight is 302 g/mol. The maximum Gasteiger partial charge on any atom is 0.276 e. The molecule has 0 aliphatic heterocycles. The molecular weight excluding hydrogens is 288 g/mol. The van der Waals surface area contributed by atoms with Crippen molar-refractivity contribution in [2.24, 2.45) is 5.73 Å². The molecule has 0 aliphatic carbocycles. The van der Waals surface area contributed by atoms with Gasteiger partial charge in [0.2, 0.25) is 5.91 Å². The number of benzene rings is 2. The molecule has 0 bridgehead atoms. The van der Waals surface area contributed by atoms with Gasteiger partial charge in [-0.3, -0.25) is 9.59 Å². The van der Waals surface area contributed by atoms with Crippen molar-refractivity contribution >= 4 is 28.6 Å². The van der Waals surface area contributed by atoms with Crippen molar-refractivity contribution in [3.63, 3.8) is 0 Å².